The molecule has 1 fully saturated rings. The predicted octanol–water partition coefficient (Wildman–Crippen LogP) is 0.426. The van der Waals surface area contributed by atoms with Gasteiger partial charge in [-0.2, -0.15) is 38.5 Å². The summed E-state index contributed by atoms with van der Waals surface area (Å²) in [4.78, 5) is 12.2. The number of methoxy groups -OCH3 is 1. The Morgan fingerprint density at radius 2 is 2.17 bits per heavy atom. The maximum absolute atomic E-state index is 5.29. The van der Waals surface area contributed by atoms with Gasteiger partial charge in [-0.1, -0.05) is 0 Å². The van der Waals surface area contributed by atoms with E-state index >= 15 is 0 Å². The van der Waals surface area contributed by atoms with Crippen LogP contribution in [-0.4, -0.2) is 51.1 Å². The van der Waals surface area contributed by atoms with E-state index < -0.39 is 0 Å². The van der Waals surface area contributed by atoms with E-state index in [1.54, 1.807) is 0 Å². The second kappa shape index (κ2) is 6.86. The second-order valence-electron chi connectivity index (χ2n) is 3.56. The van der Waals surface area contributed by atoms with Crippen molar-refractivity contribution >= 4 is 35.4 Å². The Morgan fingerprint density at radius 1 is 1.33 bits per heavy atom. The van der Waals surface area contributed by atoms with E-state index in [0.717, 1.165) is 12.3 Å². The number of nitrogen functional groups attached to an aromatic ring is 1. The maximum Gasteiger partial charge on any atom is 0.322 e. The number of hydrogen-bond acceptors (Lipinski definition) is 9. The highest BCUT2D eigenvalue weighted by molar-refractivity contribution is 8.06. The lowest BCUT2D eigenvalue weighted by Crippen LogP contribution is -2.24. The van der Waals surface area contributed by atoms with Gasteiger partial charge in [-0.3, -0.25) is 5.43 Å². The first-order valence-electron chi connectivity index (χ1n) is 5.51. The Balaban J connectivity index is 1.94. The summed E-state index contributed by atoms with van der Waals surface area (Å²) in [6, 6.07) is 0.242. The summed E-state index contributed by atoms with van der Waals surface area (Å²) in [6.07, 6.45) is 0. The molecule has 2 heterocycles. The Bertz CT molecular complexity index is 365. The number of thioether (sulfide) groups is 2. The monoisotopic (exact) mass is 288 g/mol. The highest BCUT2D eigenvalue weighted by Gasteiger charge is 2.15. The zero-order valence-corrected chi connectivity index (χ0v) is 11.7. The van der Waals surface area contributed by atoms with Gasteiger partial charge < -0.3 is 10.1 Å². The summed E-state index contributed by atoms with van der Waals surface area (Å²) in [5.74, 6) is 9.65. The summed E-state index contributed by atoms with van der Waals surface area (Å²) >= 11 is 3.96. The number of nitrogens with zero attached hydrogens (tertiary/aromatic N) is 3. The summed E-state index contributed by atoms with van der Waals surface area (Å²) in [5, 5.41) is 3.78. The minimum atomic E-state index is 0.242. The number of nitrogens with two attached hydrogens (primary N) is 1. The Hall–Kier alpha value is -0.930. The van der Waals surface area contributed by atoms with Crippen LogP contribution in [0.2, 0.25) is 0 Å². The van der Waals surface area contributed by atoms with Crippen LogP contribution in [0.15, 0.2) is 0 Å². The lowest BCUT2D eigenvalue weighted by Gasteiger charge is -2.21. The summed E-state index contributed by atoms with van der Waals surface area (Å²) < 4.78 is 4.98. The molecule has 0 spiro atoms. The number of rotatable bonds is 5. The minimum absolute atomic E-state index is 0.242. The number of anilines is 2. The molecule has 1 aromatic rings. The molecule has 1 saturated heterocycles. The lowest BCUT2D eigenvalue weighted by atomic mass is 10.5. The van der Waals surface area contributed by atoms with E-state index in [1.165, 1.54) is 18.6 Å². The topological polar surface area (TPSA) is 98.0 Å². The molecule has 1 aliphatic heterocycles. The summed E-state index contributed by atoms with van der Waals surface area (Å²) in [7, 11) is 1.51. The van der Waals surface area contributed by atoms with Crippen molar-refractivity contribution in [1.82, 2.24) is 15.0 Å². The van der Waals surface area contributed by atoms with Gasteiger partial charge in [0.15, 0.2) is 0 Å². The molecule has 1 aromatic heterocycles. The second-order valence-corrected chi connectivity index (χ2v) is 6.12. The van der Waals surface area contributed by atoms with Gasteiger partial charge in [0.05, 0.1) is 7.11 Å². The van der Waals surface area contributed by atoms with Crippen LogP contribution in [0.5, 0.6) is 6.01 Å². The molecular weight excluding hydrogens is 272 g/mol. The van der Waals surface area contributed by atoms with Crippen molar-refractivity contribution in [2.45, 2.75) is 5.25 Å². The van der Waals surface area contributed by atoms with Crippen molar-refractivity contribution in [3.05, 3.63) is 0 Å². The van der Waals surface area contributed by atoms with Gasteiger partial charge >= 0.3 is 6.01 Å². The molecule has 0 amide bonds. The van der Waals surface area contributed by atoms with E-state index in [2.05, 4.69) is 25.7 Å². The van der Waals surface area contributed by atoms with Crippen molar-refractivity contribution in [2.75, 3.05) is 41.7 Å². The quantitative estimate of drug-likeness (QED) is 0.526. The van der Waals surface area contributed by atoms with Crippen LogP contribution in [0, 0.1) is 0 Å². The normalized spacial score (nSPS) is 19.3. The molecule has 1 atom stereocenters. The van der Waals surface area contributed by atoms with Crippen molar-refractivity contribution in [3.8, 4) is 6.01 Å². The smallest absolute Gasteiger partial charge is 0.322 e. The number of aromatic nitrogens is 3. The van der Waals surface area contributed by atoms with Crippen LogP contribution in [0.4, 0.5) is 11.9 Å². The third kappa shape index (κ3) is 3.79. The lowest BCUT2D eigenvalue weighted by molar-refractivity contribution is 0.379. The number of nitrogens with one attached hydrogen (secondary N) is 2. The van der Waals surface area contributed by atoms with E-state index in [9.17, 15) is 0 Å². The van der Waals surface area contributed by atoms with Gasteiger partial charge in [-0.15, -0.1) is 0 Å². The zero-order valence-electron chi connectivity index (χ0n) is 10.0. The summed E-state index contributed by atoms with van der Waals surface area (Å²) in [5.41, 5.74) is 2.39. The van der Waals surface area contributed by atoms with Gasteiger partial charge in [0, 0.05) is 29.1 Å². The first-order chi connectivity index (χ1) is 8.81. The maximum atomic E-state index is 5.29. The zero-order chi connectivity index (χ0) is 12.8. The molecule has 0 aliphatic carbocycles. The Morgan fingerprint density at radius 3 is 2.83 bits per heavy atom. The van der Waals surface area contributed by atoms with Gasteiger partial charge in [0.2, 0.25) is 11.9 Å². The molecule has 0 saturated carbocycles. The van der Waals surface area contributed by atoms with Crippen molar-refractivity contribution in [3.63, 3.8) is 0 Å². The standard InChI is InChI=1S/C9H16N6OS2/c1-16-9-13-7(12-8(14-9)15-10)11-4-6-5-17-2-3-18-6/h6H,2-5,10H2,1H3,(H2,11,12,13,14,15). The van der Waals surface area contributed by atoms with Gasteiger partial charge in [-0.25, -0.2) is 5.84 Å². The molecular formula is C9H16N6OS2. The number of ether oxygens (including phenoxy) is 1. The highest BCUT2D eigenvalue weighted by Crippen LogP contribution is 2.24. The van der Waals surface area contributed by atoms with E-state index in [-0.39, 0.29) is 12.0 Å². The van der Waals surface area contributed by atoms with Crippen LogP contribution in [0.25, 0.3) is 0 Å². The van der Waals surface area contributed by atoms with Gasteiger partial charge in [0.25, 0.3) is 0 Å². The highest BCUT2D eigenvalue weighted by atomic mass is 32.2. The fourth-order valence-corrected chi connectivity index (χ4v) is 4.06. The fourth-order valence-electron chi connectivity index (χ4n) is 1.45. The van der Waals surface area contributed by atoms with E-state index in [4.69, 9.17) is 10.6 Å². The largest absolute Gasteiger partial charge is 0.467 e. The van der Waals surface area contributed by atoms with Crippen molar-refractivity contribution < 1.29 is 4.74 Å². The van der Waals surface area contributed by atoms with Crippen molar-refractivity contribution in [1.29, 1.82) is 0 Å². The molecule has 18 heavy (non-hydrogen) atoms. The molecule has 1 unspecified atom stereocenters. The molecule has 0 bridgehead atoms. The minimum Gasteiger partial charge on any atom is -0.467 e. The predicted molar refractivity (Wildman–Crippen MR) is 76.2 cm³/mol. The third-order valence-electron chi connectivity index (χ3n) is 2.30. The third-order valence-corrected chi connectivity index (χ3v) is 5.14. The van der Waals surface area contributed by atoms with Crippen LogP contribution >= 0.6 is 23.5 Å². The van der Waals surface area contributed by atoms with Crippen LogP contribution in [0.3, 0.4) is 0 Å². The molecule has 0 radical (unpaired) electrons. The van der Waals surface area contributed by atoms with Crippen LogP contribution < -0.4 is 21.3 Å². The average molecular weight is 288 g/mol. The average Bonchev–Trinajstić information content (AvgIpc) is 2.45. The van der Waals surface area contributed by atoms with Crippen LogP contribution in [-0.2, 0) is 0 Å². The van der Waals surface area contributed by atoms with E-state index in [1.807, 2.05) is 23.5 Å². The molecule has 7 nitrogen and oxygen atoms in total. The summed E-state index contributed by atoms with van der Waals surface area (Å²) in [6.45, 7) is 0.828. The molecule has 1 aliphatic rings. The van der Waals surface area contributed by atoms with Crippen LogP contribution in [0.1, 0.15) is 0 Å². The Kier molecular flexibility index (Phi) is 5.14. The SMILES string of the molecule is COc1nc(NN)nc(NCC2CSCCS2)n1. The molecule has 4 N–H and O–H groups in total. The molecule has 9 heteroatoms. The first kappa shape index (κ1) is 13.5. The van der Waals surface area contributed by atoms with Gasteiger partial charge in [0.1, 0.15) is 0 Å². The number of hydrazine groups is 1. The van der Waals surface area contributed by atoms with Crippen molar-refractivity contribution in [2.24, 2.45) is 5.84 Å². The molecule has 100 valence electrons. The first-order valence-corrected chi connectivity index (χ1v) is 7.72. The van der Waals surface area contributed by atoms with Gasteiger partial charge in [-0.05, 0) is 0 Å². The Labute approximate surface area is 114 Å². The molecule has 0 aromatic carbocycles. The fraction of sp³-hybridized carbons (Fsp3) is 0.667. The van der Waals surface area contributed by atoms with E-state index in [0.29, 0.717) is 11.2 Å². The molecule has 2 rings (SSSR count). The number of hydrogen-bond donors (Lipinski definition) is 3.